The average Bonchev–Trinajstić information content (AvgIpc) is 2.28. The fourth-order valence-corrected chi connectivity index (χ4v) is 2.03. The van der Waals surface area contributed by atoms with Gasteiger partial charge in [-0.2, -0.15) is 0 Å². The van der Waals surface area contributed by atoms with Crippen molar-refractivity contribution in [2.75, 3.05) is 0 Å². The molecule has 2 unspecified atom stereocenters. The van der Waals surface area contributed by atoms with Gasteiger partial charge in [0.25, 0.3) is 0 Å². The topological polar surface area (TPSA) is 20.2 Å². The minimum atomic E-state index is -0.0364. The molecule has 0 aliphatic rings. The van der Waals surface area contributed by atoms with Crippen LogP contribution in [0.2, 0.25) is 0 Å². The van der Waals surface area contributed by atoms with Gasteiger partial charge in [-0.25, -0.2) is 0 Å². The lowest BCUT2D eigenvalue weighted by Gasteiger charge is -2.12. The molecule has 0 heterocycles. The normalized spacial score (nSPS) is 15.0. The van der Waals surface area contributed by atoms with Crippen LogP contribution in [0.4, 0.5) is 0 Å². The van der Waals surface area contributed by atoms with E-state index < -0.39 is 0 Å². The van der Waals surface area contributed by atoms with Gasteiger partial charge in [-0.15, -0.1) is 0 Å². The molecule has 1 N–H and O–H groups in total. The number of hydrogen-bond donors (Lipinski definition) is 1. The fourth-order valence-electron chi connectivity index (χ4n) is 2.03. The van der Waals surface area contributed by atoms with Gasteiger partial charge in [0, 0.05) is 0 Å². The summed E-state index contributed by atoms with van der Waals surface area (Å²) in [6.07, 6.45) is 12.3. The highest BCUT2D eigenvalue weighted by atomic mass is 16.3. The van der Waals surface area contributed by atoms with E-state index in [4.69, 9.17) is 0 Å². The Bertz CT molecular complexity index is 133. The molecule has 0 aliphatic carbocycles. The molecule has 0 aromatic heterocycles. The number of aliphatic hydroxyl groups is 1. The zero-order chi connectivity index (χ0) is 12.2. The van der Waals surface area contributed by atoms with E-state index in [1.807, 2.05) is 0 Å². The molecule has 1 heteroatoms. The Morgan fingerprint density at radius 1 is 0.812 bits per heavy atom. The molecule has 0 fully saturated rings. The molecule has 0 aromatic rings. The lowest BCUT2D eigenvalue weighted by atomic mass is 9.98. The van der Waals surface area contributed by atoms with Crippen LogP contribution in [0.25, 0.3) is 0 Å². The molecule has 0 saturated carbocycles. The highest BCUT2D eigenvalue weighted by Gasteiger charge is 2.05. The van der Waals surface area contributed by atoms with Crippen molar-refractivity contribution in [3.63, 3.8) is 0 Å². The van der Waals surface area contributed by atoms with Crippen molar-refractivity contribution in [3.8, 4) is 0 Å². The second-order valence-electron chi connectivity index (χ2n) is 5.30. The third kappa shape index (κ3) is 10.5. The van der Waals surface area contributed by atoms with Gasteiger partial charge in [0.2, 0.25) is 0 Å². The number of unbranched alkanes of at least 4 members (excludes halogenated alkanes) is 4. The molecule has 0 amide bonds. The molecule has 0 aromatic carbocycles. The van der Waals surface area contributed by atoms with Gasteiger partial charge in [0.15, 0.2) is 0 Å². The van der Waals surface area contributed by atoms with Gasteiger partial charge in [-0.05, 0) is 18.8 Å². The molecular formula is C15H32O. The molecule has 98 valence electrons. The Balaban J connectivity index is 3.21. The van der Waals surface area contributed by atoms with Crippen LogP contribution in [0, 0.1) is 5.92 Å². The van der Waals surface area contributed by atoms with Crippen LogP contribution in [0.1, 0.15) is 85.0 Å². The van der Waals surface area contributed by atoms with E-state index >= 15 is 0 Å². The summed E-state index contributed by atoms with van der Waals surface area (Å²) < 4.78 is 0. The van der Waals surface area contributed by atoms with Crippen molar-refractivity contribution in [3.05, 3.63) is 0 Å². The molecule has 0 bridgehead atoms. The SMILES string of the molecule is CCCCCCCC(O)CCCC(C)CC. The van der Waals surface area contributed by atoms with E-state index in [0.717, 1.165) is 18.8 Å². The first kappa shape index (κ1) is 16.0. The van der Waals surface area contributed by atoms with Gasteiger partial charge < -0.3 is 5.11 Å². The first-order valence-electron chi connectivity index (χ1n) is 7.38. The first-order chi connectivity index (χ1) is 7.70. The molecule has 0 saturated heterocycles. The van der Waals surface area contributed by atoms with E-state index in [1.165, 1.54) is 51.4 Å². The van der Waals surface area contributed by atoms with Crippen LogP contribution in [0.15, 0.2) is 0 Å². The summed E-state index contributed by atoms with van der Waals surface area (Å²) in [4.78, 5) is 0. The Hall–Kier alpha value is -0.0400. The minimum Gasteiger partial charge on any atom is -0.393 e. The van der Waals surface area contributed by atoms with E-state index in [-0.39, 0.29) is 6.10 Å². The minimum absolute atomic E-state index is 0.0364. The number of hydrogen-bond acceptors (Lipinski definition) is 1. The van der Waals surface area contributed by atoms with Crippen molar-refractivity contribution in [1.29, 1.82) is 0 Å². The van der Waals surface area contributed by atoms with Gasteiger partial charge >= 0.3 is 0 Å². The van der Waals surface area contributed by atoms with Crippen LogP contribution in [0.3, 0.4) is 0 Å². The Morgan fingerprint density at radius 3 is 2.06 bits per heavy atom. The van der Waals surface area contributed by atoms with Gasteiger partial charge in [0.05, 0.1) is 6.10 Å². The van der Waals surface area contributed by atoms with Crippen LogP contribution in [0.5, 0.6) is 0 Å². The summed E-state index contributed by atoms with van der Waals surface area (Å²) in [6, 6.07) is 0. The molecular weight excluding hydrogens is 196 g/mol. The predicted molar refractivity (Wildman–Crippen MR) is 72.7 cm³/mol. The fraction of sp³-hybridized carbons (Fsp3) is 1.00. The Kier molecular flexibility index (Phi) is 11.4. The van der Waals surface area contributed by atoms with Gasteiger partial charge in [-0.3, -0.25) is 0 Å². The van der Waals surface area contributed by atoms with E-state index in [9.17, 15) is 5.11 Å². The van der Waals surface area contributed by atoms with Crippen molar-refractivity contribution < 1.29 is 5.11 Å². The van der Waals surface area contributed by atoms with Crippen LogP contribution in [-0.4, -0.2) is 11.2 Å². The van der Waals surface area contributed by atoms with Crippen molar-refractivity contribution >= 4 is 0 Å². The number of aliphatic hydroxyl groups excluding tert-OH is 1. The Labute approximate surface area is 103 Å². The zero-order valence-corrected chi connectivity index (χ0v) is 11.7. The van der Waals surface area contributed by atoms with E-state index in [2.05, 4.69) is 20.8 Å². The van der Waals surface area contributed by atoms with Crippen LogP contribution in [-0.2, 0) is 0 Å². The Morgan fingerprint density at radius 2 is 1.44 bits per heavy atom. The third-order valence-corrected chi connectivity index (χ3v) is 3.57. The molecule has 0 rings (SSSR count). The molecule has 2 atom stereocenters. The van der Waals surface area contributed by atoms with Crippen LogP contribution < -0.4 is 0 Å². The quantitative estimate of drug-likeness (QED) is 0.497. The summed E-state index contributed by atoms with van der Waals surface area (Å²) in [5, 5.41) is 9.79. The highest BCUT2D eigenvalue weighted by Crippen LogP contribution is 2.15. The summed E-state index contributed by atoms with van der Waals surface area (Å²) in [5.41, 5.74) is 0. The molecule has 1 nitrogen and oxygen atoms in total. The zero-order valence-electron chi connectivity index (χ0n) is 11.7. The highest BCUT2D eigenvalue weighted by molar-refractivity contribution is 4.59. The van der Waals surface area contributed by atoms with Crippen LogP contribution >= 0.6 is 0 Å². The van der Waals surface area contributed by atoms with Gasteiger partial charge in [-0.1, -0.05) is 72.1 Å². The standard InChI is InChI=1S/C15H32O/c1-4-6-7-8-9-12-15(16)13-10-11-14(3)5-2/h14-16H,4-13H2,1-3H3. The molecule has 16 heavy (non-hydrogen) atoms. The average molecular weight is 228 g/mol. The maximum Gasteiger partial charge on any atom is 0.0540 e. The largest absolute Gasteiger partial charge is 0.393 e. The van der Waals surface area contributed by atoms with Gasteiger partial charge in [0.1, 0.15) is 0 Å². The monoisotopic (exact) mass is 228 g/mol. The third-order valence-electron chi connectivity index (χ3n) is 3.57. The lowest BCUT2D eigenvalue weighted by Crippen LogP contribution is -2.07. The predicted octanol–water partition coefficient (Wildman–Crippen LogP) is 4.92. The molecule has 0 radical (unpaired) electrons. The second-order valence-corrected chi connectivity index (χ2v) is 5.30. The molecule has 0 spiro atoms. The summed E-state index contributed by atoms with van der Waals surface area (Å²) in [5.74, 6) is 0.830. The summed E-state index contributed by atoms with van der Waals surface area (Å²) in [7, 11) is 0. The maximum absolute atomic E-state index is 9.79. The second kappa shape index (κ2) is 11.4. The van der Waals surface area contributed by atoms with E-state index in [1.54, 1.807) is 0 Å². The number of rotatable bonds is 11. The van der Waals surface area contributed by atoms with Crippen molar-refractivity contribution in [1.82, 2.24) is 0 Å². The van der Waals surface area contributed by atoms with Crippen molar-refractivity contribution in [2.24, 2.45) is 5.92 Å². The molecule has 0 aliphatic heterocycles. The first-order valence-corrected chi connectivity index (χ1v) is 7.38. The van der Waals surface area contributed by atoms with Crippen molar-refractivity contribution in [2.45, 2.75) is 91.1 Å². The smallest absolute Gasteiger partial charge is 0.0540 e. The summed E-state index contributed by atoms with van der Waals surface area (Å²) in [6.45, 7) is 6.79. The maximum atomic E-state index is 9.79. The van der Waals surface area contributed by atoms with E-state index in [0.29, 0.717) is 0 Å². The summed E-state index contributed by atoms with van der Waals surface area (Å²) >= 11 is 0. The lowest BCUT2D eigenvalue weighted by molar-refractivity contribution is 0.145.